The summed E-state index contributed by atoms with van der Waals surface area (Å²) >= 11 is 0. The number of aromatic amines is 1. The standard InChI is InChI=1S/C10H8N4O.CO2/c11-5-8-1-3-9(4-2-8)7-15-10-6-12-14-13-10;2-1-3/h1-4,6H,7H2,(H,12,13,14);. The number of nitrogens with one attached hydrogen (secondary N) is 1. The molecule has 1 heterocycles. The maximum Gasteiger partial charge on any atom is 0.373 e. The lowest BCUT2D eigenvalue weighted by Gasteiger charge is -2.01. The molecule has 0 radical (unpaired) electrons. The molecule has 7 heteroatoms. The lowest BCUT2D eigenvalue weighted by atomic mass is 10.2. The van der Waals surface area contributed by atoms with Crippen molar-refractivity contribution in [3.05, 3.63) is 41.6 Å². The van der Waals surface area contributed by atoms with E-state index in [1.165, 1.54) is 6.20 Å². The Bertz CT molecular complexity index is 537. The lowest BCUT2D eigenvalue weighted by molar-refractivity contribution is -0.191. The van der Waals surface area contributed by atoms with Crippen LogP contribution in [0.3, 0.4) is 0 Å². The molecule has 7 nitrogen and oxygen atoms in total. The van der Waals surface area contributed by atoms with Crippen molar-refractivity contribution in [2.45, 2.75) is 6.61 Å². The summed E-state index contributed by atoms with van der Waals surface area (Å²) in [5.41, 5.74) is 1.62. The predicted molar refractivity (Wildman–Crippen MR) is 56.9 cm³/mol. The number of aromatic nitrogens is 3. The Labute approximate surface area is 102 Å². The molecule has 0 aliphatic carbocycles. The molecule has 0 saturated heterocycles. The molecule has 0 aliphatic rings. The van der Waals surface area contributed by atoms with Crippen molar-refractivity contribution in [2.24, 2.45) is 0 Å². The smallest absolute Gasteiger partial charge is 0.373 e. The van der Waals surface area contributed by atoms with Crippen molar-refractivity contribution in [1.82, 2.24) is 15.4 Å². The summed E-state index contributed by atoms with van der Waals surface area (Å²) in [7, 11) is 0. The number of nitrogens with zero attached hydrogens (tertiary/aromatic N) is 3. The van der Waals surface area contributed by atoms with E-state index in [9.17, 15) is 0 Å². The third-order valence-corrected chi connectivity index (χ3v) is 1.86. The van der Waals surface area contributed by atoms with Crippen molar-refractivity contribution < 1.29 is 14.3 Å². The van der Waals surface area contributed by atoms with Gasteiger partial charge >= 0.3 is 6.15 Å². The van der Waals surface area contributed by atoms with E-state index < -0.39 is 0 Å². The second-order valence-corrected chi connectivity index (χ2v) is 2.99. The molecule has 0 saturated carbocycles. The van der Waals surface area contributed by atoms with Gasteiger partial charge in [0, 0.05) is 0 Å². The van der Waals surface area contributed by atoms with Crippen LogP contribution in [-0.2, 0) is 16.2 Å². The predicted octanol–water partition coefficient (Wildman–Crippen LogP) is 0.672. The van der Waals surface area contributed by atoms with Gasteiger partial charge in [-0.25, -0.2) is 0 Å². The van der Waals surface area contributed by atoms with Gasteiger partial charge in [-0.2, -0.15) is 25.2 Å². The molecule has 1 aromatic carbocycles. The molecule has 2 aromatic rings. The summed E-state index contributed by atoms with van der Waals surface area (Å²) in [6.45, 7) is 0.415. The molecule has 90 valence electrons. The summed E-state index contributed by atoms with van der Waals surface area (Å²) in [4.78, 5) is 16.2. The van der Waals surface area contributed by atoms with Gasteiger partial charge in [0.05, 0.1) is 11.6 Å². The average Bonchev–Trinajstić information content (AvgIpc) is 2.91. The van der Waals surface area contributed by atoms with Crippen LogP contribution in [0.2, 0.25) is 0 Å². The largest absolute Gasteiger partial charge is 0.471 e. The van der Waals surface area contributed by atoms with Crippen LogP contribution in [0.5, 0.6) is 5.88 Å². The molecule has 2 rings (SSSR count). The number of benzene rings is 1. The zero-order valence-corrected chi connectivity index (χ0v) is 9.16. The van der Waals surface area contributed by atoms with Crippen molar-refractivity contribution >= 4 is 6.15 Å². The fraction of sp³-hybridized carbons (Fsp3) is 0.0909. The Balaban J connectivity index is 0.000000492. The molecule has 18 heavy (non-hydrogen) atoms. The van der Waals surface area contributed by atoms with E-state index in [2.05, 4.69) is 21.5 Å². The van der Waals surface area contributed by atoms with E-state index in [0.29, 0.717) is 18.1 Å². The van der Waals surface area contributed by atoms with E-state index in [1.54, 1.807) is 12.1 Å². The third kappa shape index (κ3) is 4.26. The molecule has 0 spiro atoms. The summed E-state index contributed by atoms with van der Waals surface area (Å²) in [5, 5.41) is 18.4. The van der Waals surface area contributed by atoms with E-state index in [1.807, 2.05) is 12.1 Å². The number of H-pyrrole nitrogens is 1. The van der Waals surface area contributed by atoms with Crippen molar-refractivity contribution in [3.63, 3.8) is 0 Å². The van der Waals surface area contributed by atoms with Crippen LogP contribution in [0.15, 0.2) is 30.5 Å². The molecule has 0 fully saturated rings. The second-order valence-electron chi connectivity index (χ2n) is 2.99. The Morgan fingerprint density at radius 3 is 2.44 bits per heavy atom. The minimum Gasteiger partial charge on any atom is -0.471 e. The second kappa shape index (κ2) is 7.33. The average molecular weight is 244 g/mol. The van der Waals surface area contributed by atoms with Crippen molar-refractivity contribution in [1.29, 1.82) is 5.26 Å². The number of rotatable bonds is 3. The first kappa shape index (κ1) is 13.1. The molecular weight excluding hydrogens is 236 g/mol. The molecule has 0 aliphatic heterocycles. The minimum atomic E-state index is 0.250. The Morgan fingerprint density at radius 1 is 1.28 bits per heavy atom. The van der Waals surface area contributed by atoms with Gasteiger partial charge in [0.15, 0.2) is 0 Å². The highest BCUT2D eigenvalue weighted by Gasteiger charge is 1.98. The Morgan fingerprint density at radius 2 is 1.94 bits per heavy atom. The first-order valence-electron chi connectivity index (χ1n) is 4.77. The quantitative estimate of drug-likeness (QED) is 0.849. The number of hydrogen-bond donors (Lipinski definition) is 1. The van der Waals surface area contributed by atoms with Crippen LogP contribution in [-0.4, -0.2) is 21.6 Å². The number of hydrogen-bond acceptors (Lipinski definition) is 6. The zero-order valence-electron chi connectivity index (χ0n) is 9.16. The maximum absolute atomic E-state index is 8.60. The van der Waals surface area contributed by atoms with Crippen LogP contribution >= 0.6 is 0 Å². The molecule has 0 unspecified atom stereocenters. The summed E-state index contributed by atoms with van der Waals surface area (Å²) < 4.78 is 5.32. The van der Waals surface area contributed by atoms with Crippen LogP contribution in [0, 0.1) is 11.3 Å². The van der Waals surface area contributed by atoms with Gasteiger partial charge in [-0.1, -0.05) is 12.1 Å². The van der Waals surface area contributed by atoms with Gasteiger partial charge < -0.3 is 4.74 Å². The van der Waals surface area contributed by atoms with Crippen LogP contribution in [0.4, 0.5) is 0 Å². The van der Waals surface area contributed by atoms with Crippen LogP contribution in [0.1, 0.15) is 11.1 Å². The SMILES string of the molecule is N#Cc1ccc(COc2cn[nH]n2)cc1.O=C=O. The molecule has 1 aromatic heterocycles. The van der Waals surface area contributed by atoms with E-state index >= 15 is 0 Å². The van der Waals surface area contributed by atoms with Gasteiger partial charge in [0.25, 0.3) is 5.88 Å². The van der Waals surface area contributed by atoms with Gasteiger partial charge in [0.2, 0.25) is 0 Å². The lowest BCUT2D eigenvalue weighted by Crippen LogP contribution is -1.95. The highest BCUT2D eigenvalue weighted by atomic mass is 16.5. The first-order chi connectivity index (χ1) is 8.80. The van der Waals surface area contributed by atoms with Gasteiger partial charge in [-0.3, -0.25) is 0 Å². The number of carbonyl (C=O) groups excluding carboxylic acids is 2. The highest BCUT2D eigenvalue weighted by Crippen LogP contribution is 2.07. The van der Waals surface area contributed by atoms with E-state index in [4.69, 9.17) is 19.6 Å². The summed E-state index contributed by atoms with van der Waals surface area (Å²) in [6.07, 6.45) is 1.75. The third-order valence-electron chi connectivity index (χ3n) is 1.86. The highest BCUT2D eigenvalue weighted by molar-refractivity contribution is 5.31. The Kier molecular flexibility index (Phi) is 5.33. The fourth-order valence-electron chi connectivity index (χ4n) is 1.09. The van der Waals surface area contributed by atoms with Crippen molar-refractivity contribution in [3.8, 4) is 11.9 Å². The van der Waals surface area contributed by atoms with Crippen LogP contribution in [0.25, 0.3) is 0 Å². The van der Waals surface area contributed by atoms with Crippen LogP contribution < -0.4 is 4.74 Å². The van der Waals surface area contributed by atoms with Gasteiger partial charge in [-0.05, 0) is 17.7 Å². The minimum absolute atomic E-state index is 0.250. The number of ether oxygens (including phenoxy) is 1. The van der Waals surface area contributed by atoms with Gasteiger partial charge in [0.1, 0.15) is 12.8 Å². The topological polar surface area (TPSA) is 109 Å². The normalized spacial score (nSPS) is 8.39. The molecule has 0 bridgehead atoms. The fourth-order valence-corrected chi connectivity index (χ4v) is 1.09. The molecule has 0 amide bonds. The maximum atomic E-state index is 8.60. The van der Waals surface area contributed by atoms with E-state index in [-0.39, 0.29) is 6.15 Å². The first-order valence-corrected chi connectivity index (χ1v) is 4.77. The summed E-state index contributed by atoms with van der Waals surface area (Å²) in [5.74, 6) is 0.458. The molecular formula is C11H8N4O3. The number of nitriles is 1. The van der Waals surface area contributed by atoms with E-state index in [0.717, 1.165) is 5.56 Å². The summed E-state index contributed by atoms with van der Waals surface area (Å²) in [6, 6.07) is 9.25. The molecule has 1 N–H and O–H groups in total. The zero-order chi connectivity index (χ0) is 13.2. The van der Waals surface area contributed by atoms with Crippen molar-refractivity contribution in [2.75, 3.05) is 0 Å². The Hall–Kier alpha value is -2.97. The monoisotopic (exact) mass is 244 g/mol. The molecule has 0 atom stereocenters. The van der Waals surface area contributed by atoms with Gasteiger partial charge in [-0.15, -0.1) is 5.10 Å².